The Kier molecular flexibility index (Phi) is 6.79. The van der Waals surface area contributed by atoms with Crippen molar-refractivity contribution in [3.8, 4) is 0 Å². The van der Waals surface area contributed by atoms with E-state index in [1.807, 2.05) is 0 Å². The molecule has 0 spiro atoms. The van der Waals surface area contributed by atoms with Crippen LogP contribution in [0.5, 0.6) is 0 Å². The summed E-state index contributed by atoms with van der Waals surface area (Å²) >= 11 is 6.94. The highest BCUT2D eigenvalue weighted by Crippen LogP contribution is 2.29. The van der Waals surface area contributed by atoms with Crippen molar-refractivity contribution in [3.63, 3.8) is 0 Å². The van der Waals surface area contributed by atoms with E-state index in [1.165, 1.54) is 10.4 Å². The molecule has 0 N–H and O–H groups in total. The van der Waals surface area contributed by atoms with E-state index in [2.05, 4.69) is 4.90 Å². The van der Waals surface area contributed by atoms with Crippen LogP contribution in [0, 0.1) is 0 Å². The second-order valence-electron chi connectivity index (χ2n) is 7.49. The third-order valence-electron chi connectivity index (χ3n) is 5.70. The average molecular weight is 464 g/mol. The van der Waals surface area contributed by atoms with Gasteiger partial charge in [-0.1, -0.05) is 18.0 Å². The summed E-state index contributed by atoms with van der Waals surface area (Å²) in [5.41, 5.74) is 0. The standard InChI is InChI=1S/C18H26ClN3O5S2/c19-15-4-5-17(28-15)29(24,25)22-9-7-20(8-10-22)16(23)13-21-6-2-1-3-14(21)18-26-11-12-27-18/h4-5,14,18H,1-3,6-13H2. The van der Waals surface area contributed by atoms with Crippen LogP contribution in [-0.2, 0) is 24.3 Å². The quantitative estimate of drug-likeness (QED) is 0.657. The van der Waals surface area contributed by atoms with Gasteiger partial charge in [-0.05, 0) is 31.5 Å². The monoisotopic (exact) mass is 463 g/mol. The summed E-state index contributed by atoms with van der Waals surface area (Å²) in [6.07, 6.45) is 2.89. The number of carbonyl (C=O) groups excluding carboxylic acids is 1. The largest absolute Gasteiger partial charge is 0.349 e. The van der Waals surface area contributed by atoms with E-state index in [9.17, 15) is 13.2 Å². The van der Waals surface area contributed by atoms with Crippen LogP contribution in [0.3, 0.4) is 0 Å². The number of amides is 1. The van der Waals surface area contributed by atoms with E-state index in [0.29, 0.717) is 50.3 Å². The summed E-state index contributed by atoms with van der Waals surface area (Å²) in [7, 11) is -3.55. The molecular weight excluding hydrogens is 438 g/mol. The molecule has 0 bridgehead atoms. The van der Waals surface area contributed by atoms with Gasteiger partial charge in [0.1, 0.15) is 4.21 Å². The molecule has 3 aliphatic rings. The molecule has 162 valence electrons. The van der Waals surface area contributed by atoms with Crippen LogP contribution in [-0.4, -0.2) is 93.2 Å². The van der Waals surface area contributed by atoms with Gasteiger partial charge in [-0.25, -0.2) is 8.42 Å². The molecule has 3 fully saturated rings. The Morgan fingerprint density at radius 2 is 1.83 bits per heavy atom. The Morgan fingerprint density at radius 1 is 1.10 bits per heavy atom. The molecule has 0 aliphatic carbocycles. The maximum atomic E-state index is 12.9. The lowest BCUT2D eigenvalue weighted by atomic mass is 10.0. The molecule has 4 heterocycles. The number of piperidine rings is 1. The first-order chi connectivity index (χ1) is 13.9. The van der Waals surface area contributed by atoms with Gasteiger partial charge in [0.25, 0.3) is 10.0 Å². The Morgan fingerprint density at radius 3 is 2.48 bits per heavy atom. The van der Waals surface area contributed by atoms with Crippen molar-refractivity contribution in [1.82, 2.24) is 14.1 Å². The van der Waals surface area contributed by atoms with E-state index < -0.39 is 10.0 Å². The van der Waals surface area contributed by atoms with E-state index in [-0.39, 0.29) is 22.4 Å². The Bertz CT molecular complexity index is 819. The first kappa shape index (κ1) is 21.5. The zero-order valence-corrected chi connectivity index (χ0v) is 18.6. The number of halogens is 1. The molecular formula is C18H26ClN3O5S2. The number of piperazine rings is 1. The minimum absolute atomic E-state index is 0.0334. The van der Waals surface area contributed by atoms with Gasteiger partial charge in [0.2, 0.25) is 5.91 Å². The minimum Gasteiger partial charge on any atom is -0.349 e. The van der Waals surface area contributed by atoms with Crippen molar-refractivity contribution in [1.29, 1.82) is 0 Å². The highest BCUT2D eigenvalue weighted by atomic mass is 35.5. The summed E-state index contributed by atoms with van der Waals surface area (Å²) in [6.45, 7) is 3.76. The maximum absolute atomic E-state index is 12.9. The summed E-state index contributed by atoms with van der Waals surface area (Å²) in [5.74, 6) is 0.0334. The second-order valence-corrected chi connectivity index (χ2v) is 11.4. The number of nitrogens with zero attached hydrogens (tertiary/aromatic N) is 3. The van der Waals surface area contributed by atoms with Gasteiger partial charge in [0.05, 0.1) is 30.1 Å². The van der Waals surface area contributed by atoms with Gasteiger partial charge in [0, 0.05) is 26.2 Å². The van der Waals surface area contributed by atoms with Crippen LogP contribution in [0.15, 0.2) is 16.3 Å². The molecule has 1 atom stereocenters. The van der Waals surface area contributed by atoms with Gasteiger partial charge in [0.15, 0.2) is 6.29 Å². The van der Waals surface area contributed by atoms with Crippen molar-refractivity contribution in [2.45, 2.75) is 35.8 Å². The molecule has 3 saturated heterocycles. The zero-order chi connectivity index (χ0) is 20.4. The molecule has 8 nitrogen and oxygen atoms in total. The number of rotatable bonds is 5. The predicted molar refractivity (Wildman–Crippen MR) is 110 cm³/mol. The predicted octanol–water partition coefficient (Wildman–Crippen LogP) is 1.46. The lowest BCUT2D eigenvalue weighted by Crippen LogP contribution is -2.55. The van der Waals surface area contributed by atoms with Crippen molar-refractivity contribution < 1.29 is 22.7 Å². The molecule has 0 radical (unpaired) electrons. The molecule has 0 aromatic carbocycles. The van der Waals surface area contributed by atoms with Crippen molar-refractivity contribution in [3.05, 3.63) is 16.5 Å². The Hall–Kier alpha value is -0.750. The number of likely N-dealkylation sites (tertiary alicyclic amines) is 1. The number of carbonyl (C=O) groups is 1. The van der Waals surface area contributed by atoms with Crippen LogP contribution >= 0.6 is 22.9 Å². The minimum atomic E-state index is -3.55. The van der Waals surface area contributed by atoms with E-state index >= 15 is 0 Å². The van der Waals surface area contributed by atoms with E-state index in [4.69, 9.17) is 21.1 Å². The molecule has 1 aromatic rings. The molecule has 3 aliphatic heterocycles. The fraction of sp³-hybridized carbons (Fsp3) is 0.722. The SMILES string of the molecule is O=C(CN1CCCCC1C1OCCO1)N1CCN(S(=O)(=O)c2ccc(Cl)s2)CC1. The molecule has 4 rings (SSSR count). The topological polar surface area (TPSA) is 79.4 Å². The Balaban J connectivity index is 1.33. The fourth-order valence-corrected chi connectivity index (χ4v) is 7.19. The van der Waals surface area contributed by atoms with Crippen molar-refractivity contribution in [2.24, 2.45) is 0 Å². The van der Waals surface area contributed by atoms with Crippen LogP contribution in [0.4, 0.5) is 0 Å². The lowest BCUT2D eigenvalue weighted by molar-refractivity contribution is -0.140. The van der Waals surface area contributed by atoms with Crippen LogP contribution < -0.4 is 0 Å². The van der Waals surface area contributed by atoms with Gasteiger partial charge in [-0.15, -0.1) is 11.3 Å². The van der Waals surface area contributed by atoms with Gasteiger partial charge >= 0.3 is 0 Å². The number of thiophene rings is 1. The second kappa shape index (κ2) is 9.17. The molecule has 1 amide bonds. The maximum Gasteiger partial charge on any atom is 0.252 e. The van der Waals surface area contributed by atoms with E-state index in [1.54, 1.807) is 11.0 Å². The molecule has 29 heavy (non-hydrogen) atoms. The highest BCUT2D eigenvalue weighted by molar-refractivity contribution is 7.91. The zero-order valence-electron chi connectivity index (χ0n) is 16.2. The first-order valence-corrected chi connectivity index (χ1v) is 12.6. The highest BCUT2D eigenvalue weighted by Gasteiger charge is 2.36. The smallest absolute Gasteiger partial charge is 0.252 e. The third kappa shape index (κ3) is 4.79. The summed E-state index contributed by atoms with van der Waals surface area (Å²) in [6, 6.07) is 3.23. The van der Waals surface area contributed by atoms with Crippen molar-refractivity contribution in [2.75, 3.05) is 52.5 Å². The van der Waals surface area contributed by atoms with E-state index in [0.717, 1.165) is 37.1 Å². The fourth-order valence-electron chi connectivity index (χ4n) is 4.14. The normalized spacial score (nSPS) is 25.6. The molecule has 1 aromatic heterocycles. The Labute approximate surface area is 180 Å². The third-order valence-corrected chi connectivity index (χ3v) is 9.30. The summed E-state index contributed by atoms with van der Waals surface area (Å²) in [5, 5.41) is 0. The summed E-state index contributed by atoms with van der Waals surface area (Å²) < 4.78 is 38.9. The first-order valence-electron chi connectivity index (χ1n) is 9.96. The van der Waals surface area contributed by atoms with Gasteiger partial charge < -0.3 is 14.4 Å². The number of ether oxygens (including phenoxy) is 2. The molecule has 11 heteroatoms. The molecule has 0 saturated carbocycles. The summed E-state index contributed by atoms with van der Waals surface area (Å²) in [4.78, 5) is 16.8. The van der Waals surface area contributed by atoms with Gasteiger partial charge in [-0.3, -0.25) is 9.69 Å². The lowest BCUT2D eigenvalue weighted by Gasteiger charge is -2.39. The average Bonchev–Trinajstić information content (AvgIpc) is 3.41. The number of sulfonamides is 1. The van der Waals surface area contributed by atoms with Gasteiger partial charge in [-0.2, -0.15) is 4.31 Å². The van der Waals surface area contributed by atoms with Crippen LogP contribution in [0.1, 0.15) is 19.3 Å². The van der Waals surface area contributed by atoms with Crippen molar-refractivity contribution >= 4 is 38.9 Å². The molecule has 1 unspecified atom stereocenters. The van der Waals surface area contributed by atoms with Crippen LogP contribution in [0.25, 0.3) is 0 Å². The number of hydrogen-bond acceptors (Lipinski definition) is 7. The van der Waals surface area contributed by atoms with Crippen LogP contribution in [0.2, 0.25) is 4.34 Å². The number of hydrogen-bond donors (Lipinski definition) is 0.